The lowest BCUT2D eigenvalue weighted by molar-refractivity contribution is -0.192. The van der Waals surface area contributed by atoms with Gasteiger partial charge in [0.25, 0.3) is 5.91 Å². The van der Waals surface area contributed by atoms with Crippen molar-refractivity contribution >= 4 is 22.8 Å². The van der Waals surface area contributed by atoms with Crippen molar-refractivity contribution in [2.24, 2.45) is 0 Å². The molecule has 0 spiro atoms. The molecule has 0 aliphatic carbocycles. The second-order valence-corrected chi connectivity index (χ2v) is 8.37. The summed E-state index contributed by atoms with van der Waals surface area (Å²) in [7, 11) is 0. The Morgan fingerprint density at radius 2 is 1.48 bits per heavy atom. The van der Waals surface area contributed by atoms with Gasteiger partial charge in [0.15, 0.2) is 5.43 Å². The van der Waals surface area contributed by atoms with Crippen LogP contribution in [0.3, 0.4) is 0 Å². The van der Waals surface area contributed by atoms with Crippen LogP contribution in [0.5, 0.6) is 0 Å². The summed E-state index contributed by atoms with van der Waals surface area (Å²) in [5, 5.41) is 9.73. The van der Waals surface area contributed by atoms with Gasteiger partial charge in [-0.1, -0.05) is 12.1 Å². The van der Waals surface area contributed by atoms with Crippen molar-refractivity contribution in [3.63, 3.8) is 0 Å². The molecule has 1 amide bonds. The van der Waals surface area contributed by atoms with E-state index in [0.29, 0.717) is 17.6 Å². The van der Waals surface area contributed by atoms with Crippen LogP contribution >= 0.6 is 0 Å². The molecule has 0 fully saturated rings. The Balaban J connectivity index is 0.000000616. The molecule has 222 valence electrons. The number of carboxylic acid groups (broad SMARTS) is 1. The number of fused-ring (bicyclic) bond motifs is 1. The van der Waals surface area contributed by atoms with Crippen molar-refractivity contribution in [2.45, 2.75) is 24.6 Å². The highest BCUT2D eigenvalue weighted by atomic mass is 19.4. The highest BCUT2D eigenvalue weighted by Crippen LogP contribution is 2.36. The minimum absolute atomic E-state index is 0.0319. The highest BCUT2D eigenvalue weighted by molar-refractivity contribution is 5.98. The second-order valence-electron chi connectivity index (χ2n) is 8.37. The van der Waals surface area contributed by atoms with Crippen LogP contribution in [0.4, 0.5) is 39.5 Å². The van der Waals surface area contributed by atoms with E-state index in [-0.39, 0.29) is 21.9 Å². The van der Waals surface area contributed by atoms with Crippen LogP contribution in [0.1, 0.15) is 38.8 Å². The summed E-state index contributed by atoms with van der Waals surface area (Å²) >= 11 is 0. The van der Waals surface area contributed by atoms with Crippen LogP contribution in [0, 0.1) is 0 Å². The number of hydrogen-bond donors (Lipinski definition) is 3. The summed E-state index contributed by atoms with van der Waals surface area (Å²) < 4.78 is 112. The molecule has 2 heterocycles. The van der Waals surface area contributed by atoms with Crippen LogP contribution in [0.2, 0.25) is 0 Å². The number of H-pyrrole nitrogens is 1. The number of rotatable bonds is 4. The molecule has 3 N–H and O–H groups in total. The van der Waals surface area contributed by atoms with Gasteiger partial charge in [-0.25, -0.2) is 4.79 Å². The van der Waals surface area contributed by atoms with Crippen LogP contribution in [-0.2, 0) is 17.1 Å². The summed E-state index contributed by atoms with van der Waals surface area (Å²) in [6.07, 6.45) is -12.1. The molecule has 0 aliphatic heterocycles. The number of nitrogens with one attached hydrogen (secondary N) is 2. The fraction of sp³-hybridized carbons (Fsp3) is 0.154. The van der Waals surface area contributed by atoms with Gasteiger partial charge in [0.1, 0.15) is 0 Å². The molecule has 0 aliphatic rings. The third-order valence-corrected chi connectivity index (χ3v) is 5.53. The van der Waals surface area contributed by atoms with Gasteiger partial charge >= 0.3 is 24.5 Å². The predicted octanol–water partition coefficient (Wildman–Crippen LogP) is 6.11. The Hall–Kier alpha value is -4.89. The number of halogens is 9. The van der Waals surface area contributed by atoms with Crippen molar-refractivity contribution < 1.29 is 54.2 Å². The molecule has 7 nitrogen and oxygen atoms in total. The molecular formula is C26H16F9N3O4. The normalized spacial score (nSPS) is 12.7. The van der Waals surface area contributed by atoms with Crippen molar-refractivity contribution in [3.05, 3.63) is 111 Å². The second kappa shape index (κ2) is 11.9. The van der Waals surface area contributed by atoms with Crippen LogP contribution in [0.25, 0.3) is 10.9 Å². The fourth-order valence-electron chi connectivity index (χ4n) is 3.59. The summed E-state index contributed by atoms with van der Waals surface area (Å²) in [5.74, 6) is -3.61. The predicted molar refractivity (Wildman–Crippen MR) is 128 cm³/mol. The zero-order valence-electron chi connectivity index (χ0n) is 20.5. The summed E-state index contributed by atoms with van der Waals surface area (Å²) in [6, 6.07) is 9.01. The quantitative estimate of drug-likeness (QED) is 0.243. The van der Waals surface area contributed by atoms with Gasteiger partial charge in [-0.3, -0.25) is 14.6 Å². The first kappa shape index (κ1) is 31.6. The number of benzene rings is 2. The van der Waals surface area contributed by atoms with Crippen molar-refractivity contribution in [1.82, 2.24) is 15.3 Å². The van der Waals surface area contributed by atoms with E-state index in [1.807, 2.05) is 0 Å². The SMILES string of the molecule is O=C(NC(c1ccc(C(F)(F)F)cc1)c1ncccc1C(F)(F)F)c1ccc2[nH]ccc(=O)c2c1.O=C(O)C(F)(F)F. The van der Waals surface area contributed by atoms with E-state index in [1.54, 1.807) is 0 Å². The van der Waals surface area contributed by atoms with E-state index in [9.17, 15) is 49.1 Å². The lowest BCUT2D eigenvalue weighted by Crippen LogP contribution is -2.31. The number of pyridine rings is 2. The van der Waals surface area contributed by atoms with Gasteiger partial charge in [-0.05, 0) is 48.0 Å². The Bertz CT molecular complexity index is 1640. The summed E-state index contributed by atoms with van der Waals surface area (Å²) in [4.78, 5) is 40.7. The zero-order chi connectivity index (χ0) is 31.5. The number of amides is 1. The van der Waals surface area contributed by atoms with Crippen LogP contribution < -0.4 is 10.7 Å². The topological polar surface area (TPSA) is 112 Å². The third kappa shape index (κ3) is 7.64. The maximum absolute atomic E-state index is 13.7. The van der Waals surface area contributed by atoms with Gasteiger partial charge in [0.05, 0.1) is 22.9 Å². The largest absolute Gasteiger partial charge is 0.490 e. The number of hydrogen-bond acceptors (Lipinski definition) is 4. The van der Waals surface area contributed by atoms with Gasteiger partial charge in [0, 0.05) is 34.9 Å². The molecule has 0 bridgehead atoms. The first-order valence-corrected chi connectivity index (χ1v) is 11.3. The Labute approximate surface area is 228 Å². The number of nitrogens with zero attached hydrogens (tertiary/aromatic N) is 1. The van der Waals surface area contributed by atoms with E-state index in [4.69, 9.17) is 9.90 Å². The molecule has 0 radical (unpaired) electrons. The van der Waals surface area contributed by atoms with Crippen LogP contribution in [0.15, 0.2) is 77.9 Å². The summed E-state index contributed by atoms with van der Waals surface area (Å²) in [6.45, 7) is 0. The molecule has 2 aromatic heterocycles. The van der Waals surface area contributed by atoms with Gasteiger partial charge in [0.2, 0.25) is 0 Å². The molecular weight excluding hydrogens is 589 g/mol. The summed E-state index contributed by atoms with van der Waals surface area (Å²) in [5.41, 5.74) is -2.76. The number of carboxylic acids is 1. The monoisotopic (exact) mass is 605 g/mol. The number of aromatic nitrogens is 2. The minimum atomic E-state index is -5.08. The molecule has 42 heavy (non-hydrogen) atoms. The Morgan fingerprint density at radius 1 is 0.857 bits per heavy atom. The van der Waals surface area contributed by atoms with Crippen molar-refractivity contribution in [3.8, 4) is 0 Å². The van der Waals surface area contributed by atoms with E-state index < -0.39 is 53.3 Å². The van der Waals surface area contributed by atoms with Gasteiger partial charge in [-0.15, -0.1) is 0 Å². The van der Waals surface area contributed by atoms with E-state index in [1.165, 1.54) is 30.5 Å². The fourth-order valence-corrected chi connectivity index (χ4v) is 3.59. The standard InChI is InChI=1S/C24H15F6N3O2.C2HF3O2/c25-23(26,27)15-6-3-13(4-7-15)20(21-17(24(28,29)30)2-1-10-32-21)33-22(35)14-5-8-18-16(12-14)19(34)9-11-31-18;3-2(4,5)1(6)7/h1-12,20H,(H,31,34)(H,33,35);(H,6,7). The molecule has 0 saturated heterocycles. The van der Waals surface area contributed by atoms with Gasteiger partial charge in [-0.2, -0.15) is 39.5 Å². The Morgan fingerprint density at radius 3 is 2.02 bits per heavy atom. The third-order valence-electron chi connectivity index (χ3n) is 5.53. The maximum Gasteiger partial charge on any atom is 0.490 e. The number of carbonyl (C=O) groups is 2. The minimum Gasteiger partial charge on any atom is -0.475 e. The maximum atomic E-state index is 13.7. The number of aromatic amines is 1. The smallest absolute Gasteiger partial charge is 0.475 e. The first-order valence-electron chi connectivity index (χ1n) is 11.3. The lowest BCUT2D eigenvalue weighted by atomic mass is 9.97. The van der Waals surface area contributed by atoms with Gasteiger partial charge < -0.3 is 15.4 Å². The lowest BCUT2D eigenvalue weighted by Gasteiger charge is -2.23. The number of aliphatic carboxylic acids is 1. The highest BCUT2D eigenvalue weighted by Gasteiger charge is 2.39. The molecule has 4 rings (SSSR count). The number of alkyl halides is 9. The molecule has 1 atom stereocenters. The molecule has 0 saturated carbocycles. The molecule has 16 heteroatoms. The zero-order valence-corrected chi connectivity index (χ0v) is 20.5. The first-order chi connectivity index (χ1) is 19.4. The van der Waals surface area contributed by atoms with E-state index in [2.05, 4.69) is 15.3 Å². The number of carbonyl (C=O) groups excluding carboxylic acids is 1. The van der Waals surface area contributed by atoms with E-state index in [0.717, 1.165) is 30.5 Å². The van der Waals surface area contributed by atoms with E-state index >= 15 is 0 Å². The molecule has 1 unspecified atom stereocenters. The van der Waals surface area contributed by atoms with Crippen molar-refractivity contribution in [1.29, 1.82) is 0 Å². The molecule has 4 aromatic rings. The van der Waals surface area contributed by atoms with Crippen molar-refractivity contribution in [2.75, 3.05) is 0 Å². The average Bonchev–Trinajstić information content (AvgIpc) is 2.90. The van der Waals surface area contributed by atoms with Crippen LogP contribution in [-0.4, -0.2) is 33.1 Å². The molecule has 2 aromatic carbocycles. The Kier molecular flexibility index (Phi) is 8.98. The average molecular weight is 605 g/mol.